The number of ether oxygens (including phenoxy) is 2. The lowest BCUT2D eigenvalue weighted by Crippen LogP contribution is -2.45. The average molecular weight is 434 g/mol. The van der Waals surface area contributed by atoms with Crippen LogP contribution in [0.5, 0.6) is 11.5 Å². The first-order valence-corrected chi connectivity index (χ1v) is 11.2. The summed E-state index contributed by atoms with van der Waals surface area (Å²) >= 11 is 0. The number of hydrogen-bond acceptors (Lipinski definition) is 5. The number of rotatable bonds is 5. The molecule has 2 aromatic rings. The fourth-order valence-corrected chi connectivity index (χ4v) is 5.34. The van der Waals surface area contributed by atoms with Gasteiger partial charge >= 0.3 is 0 Å². The predicted octanol–water partition coefficient (Wildman–Crippen LogP) is 2.37. The van der Waals surface area contributed by atoms with Crippen molar-refractivity contribution in [3.05, 3.63) is 53.3 Å². The van der Waals surface area contributed by atoms with Gasteiger partial charge in [-0.15, -0.1) is 0 Å². The van der Waals surface area contributed by atoms with E-state index in [4.69, 9.17) is 9.47 Å². The largest absolute Gasteiger partial charge is 0.486 e. The fourth-order valence-electron chi connectivity index (χ4n) is 3.66. The number of benzene rings is 2. The highest BCUT2D eigenvalue weighted by molar-refractivity contribution is 7.89. The van der Waals surface area contributed by atoms with Crippen LogP contribution in [0.3, 0.4) is 0 Å². The number of nitrogens with zero attached hydrogens (tertiary/aromatic N) is 1. The molecule has 30 heavy (non-hydrogen) atoms. The third-order valence-electron chi connectivity index (χ3n) is 5.33. The summed E-state index contributed by atoms with van der Waals surface area (Å²) in [5, 5.41) is 2.73. The second kappa shape index (κ2) is 8.23. The monoisotopic (exact) mass is 434 g/mol. The number of halogens is 1. The number of hydrogen-bond donors (Lipinski definition) is 1. The molecule has 2 aliphatic rings. The minimum absolute atomic E-state index is 0.0621. The van der Waals surface area contributed by atoms with Crippen LogP contribution in [0.4, 0.5) is 4.39 Å². The van der Waals surface area contributed by atoms with Gasteiger partial charge in [-0.1, -0.05) is 12.1 Å². The van der Waals surface area contributed by atoms with Crippen LogP contribution in [0.2, 0.25) is 0 Å². The smallest absolute Gasteiger partial charge is 0.243 e. The van der Waals surface area contributed by atoms with Crippen molar-refractivity contribution in [2.75, 3.05) is 19.8 Å². The lowest BCUT2D eigenvalue weighted by molar-refractivity contribution is -0.124. The Hall–Kier alpha value is -2.65. The van der Waals surface area contributed by atoms with Gasteiger partial charge < -0.3 is 14.8 Å². The van der Waals surface area contributed by atoms with Crippen molar-refractivity contribution in [2.24, 2.45) is 0 Å². The molecule has 0 saturated carbocycles. The maximum Gasteiger partial charge on any atom is 0.243 e. The van der Waals surface area contributed by atoms with Gasteiger partial charge in [-0.05, 0) is 49.1 Å². The molecule has 0 spiro atoms. The van der Waals surface area contributed by atoms with Gasteiger partial charge in [0.05, 0.1) is 4.90 Å². The molecule has 0 radical (unpaired) electrons. The van der Waals surface area contributed by atoms with Crippen LogP contribution in [-0.4, -0.2) is 44.4 Å². The molecule has 1 atom stereocenters. The fraction of sp³-hybridized carbons (Fsp3) is 0.381. The molecule has 2 aliphatic heterocycles. The summed E-state index contributed by atoms with van der Waals surface area (Å²) in [7, 11) is -3.88. The average Bonchev–Trinajstić information content (AvgIpc) is 3.25. The molecule has 4 rings (SSSR count). The number of sulfonamides is 1. The molecule has 1 saturated heterocycles. The van der Waals surface area contributed by atoms with Crippen LogP contribution in [0.15, 0.2) is 41.3 Å². The SMILES string of the molecule is Cc1ccc(CNC(=O)C2CCCN2S(=O)(=O)c2ccc3c(c2)OCCO3)cc1F. The second-order valence-electron chi connectivity index (χ2n) is 7.38. The van der Waals surface area contributed by atoms with Gasteiger partial charge in [-0.3, -0.25) is 4.79 Å². The lowest BCUT2D eigenvalue weighted by Gasteiger charge is -2.24. The van der Waals surface area contributed by atoms with Gasteiger partial charge in [0.25, 0.3) is 0 Å². The summed E-state index contributed by atoms with van der Waals surface area (Å²) in [6.07, 6.45) is 1.01. The van der Waals surface area contributed by atoms with Crippen LogP contribution < -0.4 is 14.8 Å². The molecule has 0 aromatic heterocycles. The molecule has 2 aromatic carbocycles. The predicted molar refractivity (Wildman–Crippen MR) is 107 cm³/mol. The molecule has 0 aliphatic carbocycles. The normalized spacial score (nSPS) is 18.9. The third kappa shape index (κ3) is 3.99. The van der Waals surface area contributed by atoms with E-state index in [1.165, 1.54) is 22.5 Å². The molecular formula is C21H23FN2O5S. The maximum atomic E-state index is 13.7. The van der Waals surface area contributed by atoms with E-state index in [9.17, 15) is 17.6 Å². The topological polar surface area (TPSA) is 84.9 Å². The van der Waals surface area contributed by atoms with E-state index < -0.39 is 22.0 Å². The van der Waals surface area contributed by atoms with E-state index >= 15 is 0 Å². The van der Waals surface area contributed by atoms with Gasteiger partial charge in [-0.25, -0.2) is 12.8 Å². The van der Waals surface area contributed by atoms with Gasteiger partial charge in [0.15, 0.2) is 11.5 Å². The Morgan fingerprint density at radius 2 is 1.93 bits per heavy atom. The van der Waals surface area contributed by atoms with E-state index in [0.717, 1.165) is 0 Å². The van der Waals surface area contributed by atoms with Crippen molar-refractivity contribution in [1.82, 2.24) is 9.62 Å². The molecule has 2 heterocycles. The number of fused-ring (bicyclic) bond motifs is 1. The van der Waals surface area contributed by atoms with Crippen LogP contribution >= 0.6 is 0 Å². The Morgan fingerprint density at radius 3 is 2.70 bits per heavy atom. The first kappa shape index (κ1) is 20.6. The second-order valence-corrected chi connectivity index (χ2v) is 9.27. The highest BCUT2D eigenvalue weighted by Gasteiger charge is 2.39. The molecule has 1 fully saturated rings. The number of amides is 1. The first-order valence-electron chi connectivity index (χ1n) is 9.80. The highest BCUT2D eigenvalue weighted by Crippen LogP contribution is 2.34. The summed E-state index contributed by atoms with van der Waals surface area (Å²) in [5.41, 5.74) is 1.14. The van der Waals surface area contributed by atoms with Crippen molar-refractivity contribution < 1.29 is 27.1 Å². The molecule has 9 heteroatoms. The van der Waals surface area contributed by atoms with Crippen LogP contribution in [-0.2, 0) is 21.4 Å². The third-order valence-corrected chi connectivity index (χ3v) is 7.23. The van der Waals surface area contributed by atoms with Crippen molar-refractivity contribution >= 4 is 15.9 Å². The number of carbonyl (C=O) groups excluding carboxylic acids is 1. The quantitative estimate of drug-likeness (QED) is 0.781. The number of carbonyl (C=O) groups is 1. The van der Waals surface area contributed by atoms with Crippen LogP contribution in [0, 0.1) is 12.7 Å². The zero-order valence-electron chi connectivity index (χ0n) is 16.6. The minimum atomic E-state index is -3.88. The molecule has 160 valence electrons. The van der Waals surface area contributed by atoms with Crippen LogP contribution in [0.25, 0.3) is 0 Å². The highest BCUT2D eigenvalue weighted by atomic mass is 32.2. The van der Waals surface area contributed by atoms with E-state index in [-0.39, 0.29) is 23.8 Å². The Balaban J connectivity index is 1.49. The zero-order chi connectivity index (χ0) is 21.3. The molecule has 1 N–H and O–H groups in total. The van der Waals surface area contributed by atoms with Crippen molar-refractivity contribution in [2.45, 2.75) is 37.2 Å². The summed E-state index contributed by atoms with van der Waals surface area (Å²) < 4.78 is 52.2. The standard InChI is InChI=1S/C21H23FN2O5S/c1-14-4-5-15(11-17(14)22)13-23-21(25)18-3-2-8-24(18)30(26,27)16-6-7-19-20(12-16)29-10-9-28-19/h4-7,11-12,18H,2-3,8-10,13H2,1H3,(H,23,25). The van der Waals surface area contributed by atoms with Gasteiger partial charge in [0.2, 0.25) is 15.9 Å². The maximum absolute atomic E-state index is 13.7. The zero-order valence-corrected chi connectivity index (χ0v) is 17.4. The molecule has 1 unspecified atom stereocenters. The van der Waals surface area contributed by atoms with E-state index in [1.807, 2.05) is 0 Å². The van der Waals surface area contributed by atoms with Gasteiger partial charge in [0.1, 0.15) is 25.1 Å². The van der Waals surface area contributed by atoms with E-state index in [2.05, 4.69) is 5.32 Å². The molecular weight excluding hydrogens is 411 g/mol. The minimum Gasteiger partial charge on any atom is -0.486 e. The Kier molecular flexibility index (Phi) is 5.66. The van der Waals surface area contributed by atoms with Crippen LogP contribution in [0.1, 0.15) is 24.0 Å². The molecule has 0 bridgehead atoms. The van der Waals surface area contributed by atoms with Gasteiger partial charge in [0, 0.05) is 19.2 Å². The van der Waals surface area contributed by atoms with Crippen molar-refractivity contribution in [3.8, 4) is 11.5 Å². The lowest BCUT2D eigenvalue weighted by atomic mass is 10.1. The van der Waals surface area contributed by atoms with Crippen molar-refractivity contribution in [1.29, 1.82) is 0 Å². The van der Waals surface area contributed by atoms with Gasteiger partial charge in [-0.2, -0.15) is 4.31 Å². The van der Waals surface area contributed by atoms with E-state index in [0.29, 0.717) is 48.7 Å². The summed E-state index contributed by atoms with van der Waals surface area (Å²) in [6.45, 7) is 2.82. The number of aryl methyl sites for hydroxylation is 1. The summed E-state index contributed by atoms with van der Waals surface area (Å²) in [4.78, 5) is 12.8. The Bertz CT molecular complexity index is 1070. The Labute approximate surface area is 174 Å². The number of nitrogens with one attached hydrogen (secondary N) is 1. The van der Waals surface area contributed by atoms with Crippen molar-refractivity contribution in [3.63, 3.8) is 0 Å². The van der Waals surface area contributed by atoms with E-state index in [1.54, 1.807) is 25.1 Å². The Morgan fingerprint density at radius 1 is 1.17 bits per heavy atom. The molecule has 7 nitrogen and oxygen atoms in total. The summed E-state index contributed by atoms with van der Waals surface area (Å²) in [5.74, 6) is 0.144. The molecule has 1 amide bonds. The first-order chi connectivity index (χ1) is 14.4. The summed E-state index contributed by atoms with van der Waals surface area (Å²) in [6, 6.07) is 8.41.